The number of hydrogen-bond acceptors (Lipinski definition) is 5. The minimum atomic E-state index is -1.05. The second kappa shape index (κ2) is 9.00. The molecule has 1 N–H and O–H groups in total. The number of piperidine rings is 1. The van der Waals surface area contributed by atoms with E-state index in [0.717, 1.165) is 53.7 Å². The normalized spacial score (nSPS) is 21.2. The molecule has 0 bridgehead atoms. The molecule has 0 radical (unpaired) electrons. The molecule has 1 aromatic carbocycles. The number of nitrogens with one attached hydrogen (secondary N) is 1. The highest BCUT2D eigenvalue weighted by Gasteiger charge is 2.35. The first-order chi connectivity index (χ1) is 17.1. The summed E-state index contributed by atoms with van der Waals surface area (Å²) in [5.41, 5.74) is 4.88. The highest BCUT2D eigenvalue weighted by atomic mass is 19.1. The van der Waals surface area contributed by atoms with E-state index in [4.69, 9.17) is 4.98 Å². The van der Waals surface area contributed by atoms with Crippen LogP contribution in [0.15, 0.2) is 55.0 Å². The number of anilines is 1. The minimum Gasteiger partial charge on any atom is -0.346 e. The van der Waals surface area contributed by atoms with Crippen LogP contribution in [0.2, 0.25) is 0 Å². The van der Waals surface area contributed by atoms with E-state index < -0.39 is 12.2 Å². The molecule has 2 fully saturated rings. The Kier molecular flexibility index (Phi) is 5.68. The topological polar surface area (TPSA) is 58.9 Å². The molecule has 2 saturated heterocycles. The van der Waals surface area contributed by atoms with Gasteiger partial charge >= 0.3 is 0 Å². The largest absolute Gasteiger partial charge is 0.346 e. The van der Waals surface area contributed by atoms with Gasteiger partial charge in [-0.05, 0) is 57.1 Å². The van der Waals surface area contributed by atoms with E-state index in [1.54, 1.807) is 12.3 Å². The molecule has 0 unspecified atom stereocenters. The van der Waals surface area contributed by atoms with Gasteiger partial charge in [0, 0.05) is 35.5 Å². The molecule has 5 heterocycles. The predicted molar refractivity (Wildman–Crippen MR) is 133 cm³/mol. The number of nitrogens with zero attached hydrogens (tertiary/aromatic N) is 5. The van der Waals surface area contributed by atoms with Gasteiger partial charge in [-0.15, -0.1) is 0 Å². The number of alkyl halides is 1. The first kappa shape index (κ1) is 22.1. The van der Waals surface area contributed by atoms with Crippen molar-refractivity contribution in [1.29, 1.82) is 0 Å². The summed E-state index contributed by atoms with van der Waals surface area (Å²) in [5, 5.41) is 8.03. The number of benzene rings is 1. The molecular formula is C27H28F2N6. The maximum Gasteiger partial charge on any atom is 0.130 e. The van der Waals surface area contributed by atoms with Crippen molar-refractivity contribution in [2.45, 2.75) is 44.4 Å². The average Bonchev–Trinajstić information content (AvgIpc) is 3.52. The van der Waals surface area contributed by atoms with Crippen LogP contribution in [0.3, 0.4) is 0 Å². The second-order valence-electron chi connectivity index (χ2n) is 9.61. The van der Waals surface area contributed by atoms with Gasteiger partial charge in [-0.25, -0.2) is 13.8 Å². The molecule has 2 aliphatic rings. The van der Waals surface area contributed by atoms with Crippen LogP contribution in [-0.2, 0) is 0 Å². The first-order valence-electron chi connectivity index (χ1n) is 12.2. The van der Waals surface area contributed by atoms with E-state index >= 15 is 0 Å². The van der Waals surface area contributed by atoms with Crippen molar-refractivity contribution < 1.29 is 8.78 Å². The van der Waals surface area contributed by atoms with Crippen molar-refractivity contribution in [1.82, 2.24) is 25.1 Å². The SMILES string of the molecule is Cc1ccc(F)c([C@H]2C[C@H](F)CN2c2ccc3nccc(-c4cnn(C5CCNCC5)c4)c3n2)c1. The highest BCUT2D eigenvalue weighted by Crippen LogP contribution is 2.39. The number of rotatable bonds is 4. The summed E-state index contributed by atoms with van der Waals surface area (Å²) < 4.78 is 31.4. The minimum absolute atomic E-state index is 0.180. The van der Waals surface area contributed by atoms with Gasteiger partial charge in [-0.3, -0.25) is 9.67 Å². The molecule has 6 nitrogen and oxygen atoms in total. The lowest BCUT2D eigenvalue weighted by molar-refractivity contribution is 0.343. The van der Waals surface area contributed by atoms with Crippen LogP contribution < -0.4 is 10.2 Å². The summed E-state index contributed by atoms with van der Waals surface area (Å²) in [4.78, 5) is 11.3. The fourth-order valence-corrected chi connectivity index (χ4v) is 5.41. The van der Waals surface area contributed by atoms with Crippen molar-refractivity contribution in [3.8, 4) is 11.1 Å². The lowest BCUT2D eigenvalue weighted by Crippen LogP contribution is -2.29. The van der Waals surface area contributed by atoms with Gasteiger partial charge < -0.3 is 10.2 Å². The average molecular weight is 475 g/mol. The molecule has 3 aromatic heterocycles. The summed E-state index contributed by atoms with van der Waals surface area (Å²) in [6.45, 7) is 4.10. The zero-order chi connectivity index (χ0) is 23.9. The quantitative estimate of drug-likeness (QED) is 0.443. The molecule has 2 aliphatic heterocycles. The summed E-state index contributed by atoms with van der Waals surface area (Å²) in [6, 6.07) is 10.7. The second-order valence-corrected chi connectivity index (χ2v) is 9.61. The van der Waals surface area contributed by atoms with Crippen LogP contribution >= 0.6 is 0 Å². The van der Waals surface area contributed by atoms with Crippen LogP contribution in [0.1, 0.15) is 42.5 Å². The fourth-order valence-electron chi connectivity index (χ4n) is 5.41. The molecule has 6 rings (SSSR count). The fraction of sp³-hybridized carbons (Fsp3) is 0.370. The molecule has 0 amide bonds. The van der Waals surface area contributed by atoms with Crippen LogP contribution in [0.25, 0.3) is 22.2 Å². The Morgan fingerprint density at radius 2 is 1.94 bits per heavy atom. The van der Waals surface area contributed by atoms with E-state index in [1.165, 1.54) is 6.07 Å². The Hall–Kier alpha value is -3.39. The van der Waals surface area contributed by atoms with Crippen LogP contribution in [-0.4, -0.2) is 45.6 Å². The van der Waals surface area contributed by atoms with Crippen LogP contribution in [0, 0.1) is 12.7 Å². The molecular weight excluding hydrogens is 446 g/mol. The highest BCUT2D eigenvalue weighted by molar-refractivity contribution is 5.91. The zero-order valence-corrected chi connectivity index (χ0v) is 19.7. The van der Waals surface area contributed by atoms with Crippen molar-refractivity contribution in [2.75, 3.05) is 24.5 Å². The Morgan fingerprint density at radius 3 is 2.80 bits per heavy atom. The molecule has 35 heavy (non-hydrogen) atoms. The maximum atomic E-state index is 14.7. The number of aryl methyl sites for hydroxylation is 1. The summed E-state index contributed by atoms with van der Waals surface area (Å²) >= 11 is 0. The Labute approximate surface area is 203 Å². The van der Waals surface area contributed by atoms with Gasteiger partial charge in [0.15, 0.2) is 0 Å². The molecule has 2 atom stereocenters. The number of hydrogen-bond donors (Lipinski definition) is 1. The van der Waals surface area contributed by atoms with E-state index in [1.807, 2.05) is 42.3 Å². The van der Waals surface area contributed by atoms with Crippen LogP contribution in [0.4, 0.5) is 14.6 Å². The van der Waals surface area contributed by atoms with Crippen molar-refractivity contribution >= 4 is 16.9 Å². The standard InChI is InChI=1S/C27H28F2N6/c1-17-2-3-23(29)22(12-17)25-13-19(28)16-34(25)26-5-4-24-27(33-26)21(8-11-31-24)18-14-32-35(15-18)20-6-9-30-10-7-20/h2-5,8,11-12,14-15,19-20,25,30H,6-7,9-10,13,16H2,1H3/t19-,25+/m0/s1. The lowest BCUT2D eigenvalue weighted by atomic mass is 10.0. The van der Waals surface area contributed by atoms with Crippen molar-refractivity contribution in [3.63, 3.8) is 0 Å². The van der Waals surface area contributed by atoms with Gasteiger partial charge in [0.25, 0.3) is 0 Å². The van der Waals surface area contributed by atoms with E-state index in [2.05, 4.69) is 26.3 Å². The maximum absolute atomic E-state index is 14.7. The Balaban J connectivity index is 1.39. The third-order valence-corrected chi connectivity index (χ3v) is 7.22. The van der Waals surface area contributed by atoms with E-state index in [0.29, 0.717) is 17.4 Å². The summed E-state index contributed by atoms with van der Waals surface area (Å²) in [6.07, 6.45) is 7.03. The third-order valence-electron chi connectivity index (χ3n) is 7.22. The third kappa shape index (κ3) is 4.16. The lowest BCUT2D eigenvalue weighted by Gasteiger charge is -2.26. The van der Waals surface area contributed by atoms with Gasteiger partial charge in [0.1, 0.15) is 17.8 Å². The molecule has 0 saturated carbocycles. The number of halogens is 2. The summed E-state index contributed by atoms with van der Waals surface area (Å²) in [5.74, 6) is 0.316. The number of fused-ring (bicyclic) bond motifs is 1. The molecule has 4 aromatic rings. The van der Waals surface area contributed by atoms with E-state index in [9.17, 15) is 8.78 Å². The molecule has 0 aliphatic carbocycles. The monoisotopic (exact) mass is 474 g/mol. The van der Waals surface area contributed by atoms with Crippen molar-refractivity contribution in [2.24, 2.45) is 0 Å². The summed E-state index contributed by atoms with van der Waals surface area (Å²) in [7, 11) is 0. The van der Waals surface area contributed by atoms with Gasteiger partial charge in [0.2, 0.25) is 0 Å². The zero-order valence-electron chi connectivity index (χ0n) is 19.7. The number of pyridine rings is 2. The van der Waals surface area contributed by atoms with Crippen molar-refractivity contribution in [3.05, 3.63) is 71.9 Å². The Bertz CT molecular complexity index is 1360. The predicted octanol–water partition coefficient (Wildman–Crippen LogP) is 5.15. The molecule has 180 valence electrons. The van der Waals surface area contributed by atoms with Gasteiger partial charge in [0.05, 0.1) is 35.9 Å². The number of aromatic nitrogens is 4. The smallest absolute Gasteiger partial charge is 0.130 e. The Morgan fingerprint density at radius 1 is 1.09 bits per heavy atom. The molecule has 0 spiro atoms. The van der Waals surface area contributed by atoms with E-state index in [-0.39, 0.29) is 18.8 Å². The van der Waals surface area contributed by atoms with Gasteiger partial charge in [-0.2, -0.15) is 5.10 Å². The van der Waals surface area contributed by atoms with Crippen LogP contribution in [0.5, 0.6) is 0 Å². The molecule has 8 heteroatoms. The van der Waals surface area contributed by atoms with Gasteiger partial charge in [-0.1, -0.05) is 17.7 Å². The first-order valence-corrected chi connectivity index (χ1v) is 12.2.